The third-order valence-electron chi connectivity index (χ3n) is 2.97. The third kappa shape index (κ3) is 8.07. The molecule has 0 radical (unpaired) electrons. The van der Waals surface area contributed by atoms with Gasteiger partial charge in [0.25, 0.3) is 0 Å². The van der Waals surface area contributed by atoms with Crippen molar-refractivity contribution in [2.45, 2.75) is 19.4 Å². The molecule has 0 saturated carbocycles. The van der Waals surface area contributed by atoms with Crippen molar-refractivity contribution in [3.63, 3.8) is 0 Å². The first kappa shape index (κ1) is 21.3. The van der Waals surface area contributed by atoms with Crippen LogP contribution in [0.5, 0.6) is 5.75 Å². The number of methoxy groups -OCH3 is 1. The Labute approximate surface area is 153 Å². The summed E-state index contributed by atoms with van der Waals surface area (Å²) in [4.78, 5) is 4.15. The van der Waals surface area contributed by atoms with Gasteiger partial charge in [0.2, 0.25) is 0 Å². The maximum Gasteiger partial charge on any atom is 0.191 e. The molecule has 126 valence electrons. The normalized spacial score (nSPS) is 10.8. The molecule has 0 aromatic heterocycles. The van der Waals surface area contributed by atoms with Crippen LogP contribution in [-0.2, 0) is 6.54 Å². The fraction of sp³-hybridized carbons (Fsp3) is 0.533. The van der Waals surface area contributed by atoms with Crippen LogP contribution in [0, 0.1) is 5.82 Å². The molecule has 0 bridgehead atoms. The van der Waals surface area contributed by atoms with Gasteiger partial charge in [-0.25, -0.2) is 4.39 Å². The van der Waals surface area contributed by atoms with Crippen LogP contribution in [0.4, 0.5) is 4.39 Å². The van der Waals surface area contributed by atoms with Crippen LogP contribution in [0.1, 0.15) is 18.4 Å². The first-order valence-corrected chi connectivity index (χ1v) is 8.36. The molecule has 22 heavy (non-hydrogen) atoms. The number of aliphatic imine (C=N–C) groups is 1. The summed E-state index contributed by atoms with van der Waals surface area (Å²) in [6, 6.07) is 4.93. The van der Waals surface area contributed by atoms with Gasteiger partial charge in [-0.05, 0) is 42.5 Å². The first-order valence-electron chi connectivity index (χ1n) is 6.97. The second-order valence-corrected chi connectivity index (χ2v) is 5.51. The second kappa shape index (κ2) is 12.8. The molecule has 7 heteroatoms. The third-order valence-corrected chi connectivity index (χ3v) is 3.66. The monoisotopic (exact) mass is 441 g/mol. The minimum absolute atomic E-state index is 0. The Bertz CT molecular complexity index is 460. The molecule has 0 heterocycles. The standard InChI is InChI=1S/C15H24FN3OS.HI/c1-17-15(18-8-4-5-9-21-3)19-11-12-6-7-14(20-2)13(16)10-12;/h6-7,10H,4-5,8-9,11H2,1-3H3,(H2,17,18,19);1H. The van der Waals surface area contributed by atoms with Crippen molar-refractivity contribution in [1.82, 2.24) is 10.6 Å². The van der Waals surface area contributed by atoms with Crippen molar-refractivity contribution in [3.05, 3.63) is 29.6 Å². The number of thioether (sulfide) groups is 1. The number of guanidine groups is 1. The molecule has 0 unspecified atom stereocenters. The highest BCUT2D eigenvalue weighted by molar-refractivity contribution is 14.0. The van der Waals surface area contributed by atoms with Gasteiger partial charge >= 0.3 is 0 Å². The SMILES string of the molecule is CN=C(NCCCCSC)NCc1ccc(OC)c(F)c1.I. The summed E-state index contributed by atoms with van der Waals surface area (Å²) < 4.78 is 18.5. The number of ether oxygens (including phenoxy) is 1. The van der Waals surface area contributed by atoms with E-state index in [-0.39, 0.29) is 35.5 Å². The average Bonchev–Trinajstić information content (AvgIpc) is 2.50. The van der Waals surface area contributed by atoms with Crippen molar-refractivity contribution in [2.75, 3.05) is 32.7 Å². The Morgan fingerprint density at radius 3 is 2.68 bits per heavy atom. The minimum Gasteiger partial charge on any atom is -0.494 e. The van der Waals surface area contributed by atoms with Gasteiger partial charge < -0.3 is 15.4 Å². The molecule has 1 aromatic rings. The van der Waals surface area contributed by atoms with E-state index in [4.69, 9.17) is 4.74 Å². The van der Waals surface area contributed by atoms with Crippen LogP contribution in [-0.4, -0.2) is 38.7 Å². The van der Waals surface area contributed by atoms with E-state index in [0.717, 1.165) is 24.5 Å². The quantitative estimate of drug-likeness (QED) is 0.282. The molecular formula is C15H25FIN3OS. The van der Waals surface area contributed by atoms with Gasteiger partial charge in [-0.1, -0.05) is 6.07 Å². The smallest absolute Gasteiger partial charge is 0.191 e. The molecule has 0 saturated heterocycles. The topological polar surface area (TPSA) is 45.7 Å². The van der Waals surface area contributed by atoms with E-state index in [1.807, 2.05) is 17.8 Å². The molecule has 0 aliphatic heterocycles. The van der Waals surface area contributed by atoms with Crippen molar-refractivity contribution >= 4 is 41.7 Å². The van der Waals surface area contributed by atoms with E-state index in [9.17, 15) is 4.39 Å². The predicted molar refractivity (Wildman–Crippen MR) is 104 cm³/mol. The minimum atomic E-state index is -0.350. The summed E-state index contributed by atoms with van der Waals surface area (Å²) in [7, 11) is 3.19. The summed E-state index contributed by atoms with van der Waals surface area (Å²) in [5.74, 6) is 1.82. The summed E-state index contributed by atoms with van der Waals surface area (Å²) in [6.45, 7) is 1.41. The van der Waals surface area contributed by atoms with Gasteiger partial charge in [0, 0.05) is 20.1 Å². The number of unbranched alkanes of at least 4 members (excludes halogenated alkanes) is 1. The molecule has 1 rings (SSSR count). The summed E-state index contributed by atoms with van der Waals surface area (Å²) in [6.07, 6.45) is 4.41. The second-order valence-electron chi connectivity index (χ2n) is 4.52. The lowest BCUT2D eigenvalue weighted by Crippen LogP contribution is -2.37. The van der Waals surface area contributed by atoms with Crippen LogP contribution < -0.4 is 15.4 Å². The molecule has 1 aromatic carbocycles. The molecule has 0 aliphatic rings. The van der Waals surface area contributed by atoms with E-state index in [1.165, 1.54) is 25.3 Å². The van der Waals surface area contributed by atoms with Crippen LogP contribution in [0.3, 0.4) is 0 Å². The highest BCUT2D eigenvalue weighted by atomic mass is 127. The Balaban J connectivity index is 0.00000441. The zero-order chi connectivity index (χ0) is 15.5. The largest absolute Gasteiger partial charge is 0.494 e. The van der Waals surface area contributed by atoms with Crippen molar-refractivity contribution in [1.29, 1.82) is 0 Å². The molecule has 0 atom stereocenters. The van der Waals surface area contributed by atoms with Crippen molar-refractivity contribution < 1.29 is 9.13 Å². The van der Waals surface area contributed by atoms with Gasteiger partial charge in [0.1, 0.15) is 0 Å². The van der Waals surface area contributed by atoms with Gasteiger partial charge in [-0.15, -0.1) is 24.0 Å². The Morgan fingerprint density at radius 2 is 2.09 bits per heavy atom. The highest BCUT2D eigenvalue weighted by Crippen LogP contribution is 2.17. The number of rotatable bonds is 8. The summed E-state index contributed by atoms with van der Waals surface area (Å²) >= 11 is 1.86. The Kier molecular flexibility index (Phi) is 12.4. The fourth-order valence-corrected chi connectivity index (χ4v) is 2.30. The first-order chi connectivity index (χ1) is 10.2. The van der Waals surface area contributed by atoms with Gasteiger partial charge in [0.05, 0.1) is 7.11 Å². The number of benzene rings is 1. The number of nitrogens with zero attached hydrogens (tertiary/aromatic N) is 1. The molecule has 0 spiro atoms. The molecule has 0 amide bonds. The van der Waals surface area contributed by atoms with Gasteiger partial charge in [-0.3, -0.25) is 4.99 Å². The van der Waals surface area contributed by atoms with E-state index in [2.05, 4.69) is 21.9 Å². The summed E-state index contributed by atoms with van der Waals surface area (Å²) in [5.41, 5.74) is 0.846. The average molecular weight is 441 g/mol. The lowest BCUT2D eigenvalue weighted by Gasteiger charge is -2.12. The van der Waals surface area contributed by atoms with E-state index >= 15 is 0 Å². The van der Waals surface area contributed by atoms with Crippen LogP contribution in [0.25, 0.3) is 0 Å². The maximum atomic E-state index is 13.6. The van der Waals surface area contributed by atoms with Crippen molar-refractivity contribution in [3.8, 4) is 5.75 Å². The molecule has 0 fully saturated rings. The van der Waals surface area contributed by atoms with Crippen molar-refractivity contribution in [2.24, 2.45) is 4.99 Å². The lowest BCUT2D eigenvalue weighted by molar-refractivity contribution is 0.386. The Hall–Kier alpha value is -0.700. The number of hydrogen-bond donors (Lipinski definition) is 2. The maximum absolute atomic E-state index is 13.6. The predicted octanol–water partition coefficient (Wildman–Crippen LogP) is 3.26. The molecular weight excluding hydrogens is 416 g/mol. The lowest BCUT2D eigenvalue weighted by atomic mass is 10.2. The van der Waals surface area contributed by atoms with E-state index in [0.29, 0.717) is 6.54 Å². The summed E-state index contributed by atoms with van der Waals surface area (Å²) in [5, 5.41) is 6.41. The molecule has 0 aliphatic carbocycles. The van der Waals surface area contributed by atoms with Gasteiger partial charge in [0.15, 0.2) is 17.5 Å². The number of hydrogen-bond acceptors (Lipinski definition) is 3. The zero-order valence-electron chi connectivity index (χ0n) is 13.3. The molecule has 4 nitrogen and oxygen atoms in total. The van der Waals surface area contributed by atoms with E-state index in [1.54, 1.807) is 13.1 Å². The van der Waals surface area contributed by atoms with Crippen LogP contribution in [0.15, 0.2) is 23.2 Å². The van der Waals surface area contributed by atoms with Crippen LogP contribution >= 0.6 is 35.7 Å². The Morgan fingerprint density at radius 1 is 1.32 bits per heavy atom. The highest BCUT2D eigenvalue weighted by Gasteiger charge is 2.04. The molecule has 2 N–H and O–H groups in total. The number of halogens is 2. The van der Waals surface area contributed by atoms with E-state index < -0.39 is 0 Å². The van der Waals surface area contributed by atoms with Crippen LogP contribution in [0.2, 0.25) is 0 Å². The van der Waals surface area contributed by atoms with Gasteiger partial charge in [-0.2, -0.15) is 11.8 Å². The number of nitrogens with one attached hydrogen (secondary N) is 2. The fourth-order valence-electron chi connectivity index (χ4n) is 1.80. The zero-order valence-corrected chi connectivity index (χ0v) is 16.5.